The predicted molar refractivity (Wildman–Crippen MR) is 48.5 cm³/mol. The van der Waals surface area contributed by atoms with Crippen LogP contribution in [-0.4, -0.2) is 27.8 Å². The van der Waals surface area contributed by atoms with Crippen LogP contribution >= 0.6 is 0 Å². The first-order valence-electron chi connectivity index (χ1n) is 4.65. The largest absolute Gasteiger partial charge is 0.467 e. The highest BCUT2D eigenvalue weighted by Crippen LogP contribution is 2.39. The van der Waals surface area contributed by atoms with Gasteiger partial charge in [0.2, 0.25) is 0 Å². The van der Waals surface area contributed by atoms with Crippen molar-refractivity contribution in [3.8, 4) is 6.07 Å². The standard InChI is InChI=1S/C9H10N4O2/c1-15-9(14)8(6-2-3-6)13-5-11-7(4-10)12-13/h5-6,8H,2-3H2,1H3. The van der Waals surface area contributed by atoms with E-state index in [0.29, 0.717) is 0 Å². The van der Waals surface area contributed by atoms with E-state index in [1.54, 1.807) is 0 Å². The highest BCUT2D eigenvalue weighted by Gasteiger charge is 2.39. The summed E-state index contributed by atoms with van der Waals surface area (Å²) >= 11 is 0. The molecule has 6 heteroatoms. The van der Waals surface area contributed by atoms with Crippen LogP contribution in [0.2, 0.25) is 0 Å². The molecule has 0 bridgehead atoms. The molecule has 1 fully saturated rings. The molecule has 0 radical (unpaired) electrons. The normalized spacial score (nSPS) is 16.8. The molecule has 0 aromatic carbocycles. The summed E-state index contributed by atoms with van der Waals surface area (Å²) < 4.78 is 6.12. The minimum atomic E-state index is -0.426. The first-order chi connectivity index (χ1) is 7.26. The number of aromatic nitrogens is 3. The van der Waals surface area contributed by atoms with E-state index in [2.05, 4.69) is 10.1 Å². The molecule has 78 valence electrons. The van der Waals surface area contributed by atoms with Crippen LogP contribution in [-0.2, 0) is 9.53 Å². The number of hydrogen-bond acceptors (Lipinski definition) is 5. The van der Waals surface area contributed by atoms with Crippen LogP contribution in [0.3, 0.4) is 0 Å². The second kappa shape index (κ2) is 3.69. The molecule has 0 amide bonds. The Morgan fingerprint density at radius 1 is 1.80 bits per heavy atom. The minimum absolute atomic E-state index is 0.0737. The third-order valence-electron chi connectivity index (χ3n) is 2.40. The van der Waals surface area contributed by atoms with Crippen molar-refractivity contribution in [1.29, 1.82) is 5.26 Å². The summed E-state index contributed by atoms with van der Waals surface area (Å²) in [7, 11) is 1.35. The predicted octanol–water partition coefficient (Wildman–Crippen LogP) is 0.274. The van der Waals surface area contributed by atoms with Crippen molar-refractivity contribution in [2.75, 3.05) is 7.11 Å². The monoisotopic (exact) mass is 206 g/mol. The maximum Gasteiger partial charge on any atom is 0.331 e. The summed E-state index contributed by atoms with van der Waals surface area (Å²) in [6.45, 7) is 0. The van der Waals surface area contributed by atoms with Crippen molar-refractivity contribution in [1.82, 2.24) is 14.8 Å². The van der Waals surface area contributed by atoms with E-state index in [1.165, 1.54) is 18.1 Å². The zero-order chi connectivity index (χ0) is 10.8. The van der Waals surface area contributed by atoms with Crippen molar-refractivity contribution in [2.45, 2.75) is 18.9 Å². The van der Waals surface area contributed by atoms with E-state index < -0.39 is 6.04 Å². The summed E-state index contributed by atoms with van der Waals surface area (Å²) in [6.07, 6.45) is 3.38. The zero-order valence-corrected chi connectivity index (χ0v) is 8.25. The molecule has 1 aliphatic carbocycles. The molecule has 1 heterocycles. The Morgan fingerprint density at radius 2 is 2.53 bits per heavy atom. The first-order valence-corrected chi connectivity index (χ1v) is 4.65. The zero-order valence-electron chi connectivity index (χ0n) is 8.25. The highest BCUT2D eigenvalue weighted by molar-refractivity contribution is 5.74. The summed E-state index contributed by atoms with van der Waals surface area (Å²) in [6, 6.07) is 1.40. The number of methoxy groups -OCH3 is 1. The topological polar surface area (TPSA) is 80.8 Å². The molecule has 1 aromatic rings. The lowest BCUT2D eigenvalue weighted by molar-refractivity contribution is -0.145. The van der Waals surface area contributed by atoms with E-state index in [-0.39, 0.29) is 17.7 Å². The lowest BCUT2D eigenvalue weighted by atomic mass is 10.2. The fourth-order valence-corrected chi connectivity index (χ4v) is 1.51. The maximum absolute atomic E-state index is 11.5. The molecule has 1 aliphatic rings. The minimum Gasteiger partial charge on any atom is -0.467 e. The SMILES string of the molecule is COC(=O)C(C1CC1)n1cnc(C#N)n1. The summed E-state index contributed by atoms with van der Waals surface area (Å²) in [5.41, 5.74) is 0. The Hall–Kier alpha value is -1.90. The Balaban J connectivity index is 2.24. The molecular formula is C9H10N4O2. The molecule has 1 unspecified atom stereocenters. The number of nitrogens with zero attached hydrogens (tertiary/aromatic N) is 4. The second-order valence-corrected chi connectivity index (χ2v) is 3.47. The number of esters is 1. The maximum atomic E-state index is 11.5. The van der Waals surface area contributed by atoms with Crippen molar-refractivity contribution in [3.05, 3.63) is 12.2 Å². The van der Waals surface area contributed by atoms with Crippen molar-refractivity contribution >= 4 is 5.97 Å². The number of nitriles is 1. The average Bonchev–Trinajstić information content (AvgIpc) is 2.96. The van der Waals surface area contributed by atoms with Gasteiger partial charge in [0.15, 0.2) is 6.04 Å². The van der Waals surface area contributed by atoms with Crippen LogP contribution in [0.25, 0.3) is 0 Å². The Labute approximate surface area is 86.5 Å². The molecule has 15 heavy (non-hydrogen) atoms. The van der Waals surface area contributed by atoms with E-state index >= 15 is 0 Å². The average molecular weight is 206 g/mol. The molecule has 1 saturated carbocycles. The van der Waals surface area contributed by atoms with Crippen LogP contribution in [0.4, 0.5) is 0 Å². The van der Waals surface area contributed by atoms with Gasteiger partial charge in [-0.05, 0) is 18.8 Å². The third kappa shape index (κ3) is 1.81. The number of carbonyl (C=O) groups is 1. The fraction of sp³-hybridized carbons (Fsp3) is 0.556. The van der Waals surface area contributed by atoms with Crippen molar-refractivity contribution in [2.24, 2.45) is 5.92 Å². The molecule has 0 saturated heterocycles. The summed E-state index contributed by atoms with van der Waals surface area (Å²) in [5, 5.41) is 12.5. The van der Waals surface area contributed by atoms with Gasteiger partial charge in [0.25, 0.3) is 5.82 Å². The molecular weight excluding hydrogens is 196 g/mol. The Bertz CT molecular complexity index is 416. The number of ether oxygens (including phenoxy) is 1. The second-order valence-electron chi connectivity index (χ2n) is 3.47. The van der Waals surface area contributed by atoms with Gasteiger partial charge < -0.3 is 4.74 Å². The van der Waals surface area contributed by atoms with Gasteiger partial charge in [-0.2, -0.15) is 5.26 Å². The Kier molecular flexibility index (Phi) is 2.37. The van der Waals surface area contributed by atoms with Crippen LogP contribution in [0.15, 0.2) is 6.33 Å². The van der Waals surface area contributed by atoms with Crippen molar-refractivity contribution < 1.29 is 9.53 Å². The first kappa shape index (κ1) is 9.65. The molecule has 0 spiro atoms. The quantitative estimate of drug-likeness (QED) is 0.663. The van der Waals surface area contributed by atoms with E-state index in [0.717, 1.165) is 12.8 Å². The molecule has 1 atom stereocenters. The number of rotatable bonds is 3. The van der Waals surface area contributed by atoms with E-state index in [9.17, 15) is 4.79 Å². The van der Waals surface area contributed by atoms with Crippen molar-refractivity contribution in [3.63, 3.8) is 0 Å². The lowest BCUT2D eigenvalue weighted by Crippen LogP contribution is -2.23. The highest BCUT2D eigenvalue weighted by atomic mass is 16.5. The lowest BCUT2D eigenvalue weighted by Gasteiger charge is -2.12. The number of hydrogen-bond donors (Lipinski definition) is 0. The van der Waals surface area contributed by atoms with Crippen LogP contribution < -0.4 is 0 Å². The summed E-state index contributed by atoms with van der Waals surface area (Å²) in [4.78, 5) is 15.3. The van der Waals surface area contributed by atoms with Gasteiger partial charge >= 0.3 is 5.97 Å². The van der Waals surface area contributed by atoms with E-state index in [1.807, 2.05) is 6.07 Å². The van der Waals surface area contributed by atoms with Gasteiger partial charge in [0, 0.05) is 0 Å². The van der Waals surface area contributed by atoms with Gasteiger partial charge in [0.05, 0.1) is 7.11 Å². The van der Waals surface area contributed by atoms with Crippen LogP contribution in [0.5, 0.6) is 0 Å². The van der Waals surface area contributed by atoms with E-state index in [4.69, 9.17) is 10.00 Å². The molecule has 0 aliphatic heterocycles. The van der Waals surface area contributed by atoms with Crippen LogP contribution in [0.1, 0.15) is 24.7 Å². The van der Waals surface area contributed by atoms with Gasteiger partial charge in [-0.1, -0.05) is 0 Å². The van der Waals surface area contributed by atoms with Gasteiger partial charge in [0.1, 0.15) is 12.4 Å². The molecule has 0 N–H and O–H groups in total. The van der Waals surface area contributed by atoms with Gasteiger partial charge in [-0.3, -0.25) is 0 Å². The third-order valence-corrected chi connectivity index (χ3v) is 2.40. The Morgan fingerprint density at radius 3 is 3.00 bits per heavy atom. The summed E-state index contributed by atoms with van der Waals surface area (Å²) in [5.74, 6) is 0.0159. The molecule has 2 rings (SSSR count). The smallest absolute Gasteiger partial charge is 0.331 e. The molecule has 6 nitrogen and oxygen atoms in total. The number of carbonyl (C=O) groups excluding carboxylic acids is 1. The van der Waals surface area contributed by atoms with Crippen LogP contribution in [0, 0.1) is 17.2 Å². The van der Waals surface area contributed by atoms with Gasteiger partial charge in [-0.15, -0.1) is 5.10 Å². The molecule has 1 aromatic heterocycles. The van der Waals surface area contributed by atoms with Gasteiger partial charge in [-0.25, -0.2) is 14.5 Å². The fourth-order valence-electron chi connectivity index (χ4n) is 1.51.